The molecule has 0 aliphatic heterocycles. The molecule has 1 aliphatic rings. The molecule has 0 saturated carbocycles. The zero-order valence-corrected chi connectivity index (χ0v) is 19.0. The van der Waals surface area contributed by atoms with Gasteiger partial charge in [0.2, 0.25) is 0 Å². The summed E-state index contributed by atoms with van der Waals surface area (Å²) in [5, 5.41) is 0. The molecule has 0 saturated heterocycles. The van der Waals surface area contributed by atoms with E-state index < -0.39 is 0 Å². The molecule has 0 radical (unpaired) electrons. The van der Waals surface area contributed by atoms with Gasteiger partial charge >= 0.3 is 0 Å². The van der Waals surface area contributed by atoms with Crippen LogP contribution in [0.25, 0.3) is 5.57 Å². The quantitative estimate of drug-likeness (QED) is 0.295. The maximum Gasteiger partial charge on any atom is 0.127 e. The molecule has 1 atom stereocenters. The Hall–Kier alpha value is -4.18. The first-order valence-corrected chi connectivity index (χ1v) is 11.6. The summed E-state index contributed by atoms with van der Waals surface area (Å²) in [6.45, 7) is 0. The van der Waals surface area contributed by atoms with Gasteiger partial charge in [-0.25, -0.2) is 0 Å². The topological polar surface area (TPSA) is 70.5 Å². The molecule has 0 bridgehead atoms. The molecule has 4 aromatic rings. The lowest BCUT2D eigenvalue weighted by Crippen LogP contribution is -2.03. The molecule has 170 valence electrons. The van der Waals surface area contributed by atoms with Gasteiger partial charge in [0.1, 0.15) is 23.0 Å². The van der Waals surface area contributed by atoms with Crippen molar-refractivity contribution in [2.45, 2.75) is 25.2 Å². The van der Waals surface area contributed by atoms with Gasteiger partial charge in [-0.15, -0.1) is 0 Å². The lowest BCUT2D eigenvalue weighted by Gasteiger charge is -2.22. The predicted molar refractivity (Wildman–Crippen MR) is 139 cm³/mol. The van der Waals surface area contributed by atoms with E-state index >= 15 is 0 Å². The molecule has 0 amide bonds. The van der Waals surface area contributed by atoms with Gasteiger partial charge in [0, 0.05) is 17.3 Å². The Labute approximate surface area is 200 Å². The van der Waals surface area contributed by atoms with Crippen molar-refractivity contribution in [2.75, 3.05) is 11.5 Å². The standard InChI is InChI=1S/C30H28N2O2/c31-25-8-16-29(17-9-25)33-27-12-4-21(5-13-27)23-2-1-3-24(20-23)22-6-14-28(15-7-22)34-30-18-10-26(32)11-19-30/h4-20,23H,1-3,31-32H2. The van der Waals surface area contributed by atoms with Crippen LogP contribution in [-0.4, -0.2) is 0 Å². The third-order valence-electron chi connectivity index (χ3n) is 6.13. The van der Waals surface area contributed by atoms with Crippen LogP contribution in [0.3, 0.4) is 0 Å². The number of benzene rings is 4. The molecule has 0 fully saturated rings. The molecule has 4 heteroatoms. The summed E-state index contributed by atoms with van der Waals surface area (Å²) < 4.78 is 11.9. The van der Waals surface area contributed by atoms with Gasteiger partial charge in [-0.2, -0.15) is 0 Å². The van der Waals surface area contributed by atoms with Crippen molar-refractivity contribution < 1.29 is 9.47 Å². The Balaban J connectivity index is 1.26. The van der Waals surface area contributed by atoms with E-state index in [2.05, 4.69) is 30.3 Å². The Morgan fingerprint density at radius 3 is 1.50 bits per heavy atom. The summed E-state index contributed by atoms with van der Waals surface area (Å²) in [4.78, 5) is 0. The Morgan fingerprint density at radius 1 is 0.559 bits per heavy atom. The molecule has 4 nitrogen and oxygen atoms in total. The van der Waals surface area contributed by atoms with Gasteiger partial charge < -0.3 is 20.9 Å². The minimum absolute atomic E-state index is 0.403. The monoisotopic (exact) mass is 448 g/mol. The fraction of sp³-hybridized carbons (Fsp3) is 0.133. The molecule has 4 aromatic carbocycles. The van der Waals surface area contributed by atoms with Crippen LogP contribution in [0.2, 0.25) is 0 Å². The number of allylic oxidation sites excluding steroid dienone is 2. The van der Waals surface area contributed by atoms with Crippen molar-refractivity contribution in [3.63, 3.8) is 0 Å². The normalized spacial score (nSPS) is 15.4. The summed E-state index contributed by atoms with van der Waals surface area (Å²) in [5.41, 5.74) is 16.9. The van der Waals surface area contributed by atoms with Gasteiger partial charge in [-0.1, -0.05) is 30.3 Å². The van der Waals surface area contributed by atoms with Crippen molar-refractivity contribution >= 4 is 16.9 Å². The average molecular weight is 449 g/mol. The summed E-state index contributed by atoms with van der Waals surface area (Å²) in [5.74, 6) is 3.61. The van der Waals surface area contributed by atoms with E-state index in [0.717, 1.165) is 47.2 Å². The number of nitrogens with two attached hydrogens (primary N) is 2. The summed E-state index contributed by atoms with van der Waals surface area (Å²) in [6.07, 6.45) is 5.83. The van der Waals surface area contributed by atoms with Crippen molar-refractivity contribution in [3.05, 3.63) is 114 Å². The van der Waals surface area contributed by atoms with Crippen LogP contribution < -0.4 is 20.9 Å². The number of ether oxygens (including phenoxy) is 2. The minimum Gasteiger partial charge on any atom is -0.457 e. The van der Waals surface area contributed by atoms with Crippen LogP contribution >= 0.6 is 0 Å². The third kappa shape index (κ3) is 5.24. The van der Waals surface area contributed by atoms with E-state index in [4.69, 9.17) is 20.9 Å². The summed E-state index contributed by atoms with van der Waals surface area (Å²) in [6, 6.07) is 31.6. The van der Waals surface area contributed by atoms with Gasteiger partial charge in [-0.05, 0) is 109 Å². The molecule has 1 aliphatic carbocycles. The molecular formula is C30H28N2O2. The third-order valence-corrected chi connectivity index (χ3v) is 6.13. The van der Waals surface area contributed by atoms with Crippen LogP contribution in [-0.2, 0) is 0 Å². The number of rotatable bonds is 6. The van der Waals surface area contributed by atoms with Crippen molar-refractivity contribution in [2.24, 2.45) is 0 Å². The van der Waals surface area contributed by atoms with Gasteiger partial charge in [0.05, 0.1) is 0 Å². The highest BCUT2D eigenvalue weighted by atomic mass is 16.5. The molecule has 0 aromatic heterocycles. The first kappa shape index (κ1) is 21.7. The highest BCUT2D eigenvalue weighted by Crippen LogP contribution is 2.37. The van der Waals surface area contributed by atoms with Crippen LogP contribution in [0.1, 0.15) is 36.3 Å². The number of nitrogen functional groups attached to an aromatic ring is 2. The SMILES string of the molecule is Nc1ccc(Oc2ccc(C3=CC(c4ccc(Oc5ccc(N)cc5)cc4)CCC3)cc2)cc1. The van der Waals surface area contributed by atoms with Crippen molar-refractivity contribution in [3.8, 4) is 23.0 Å². The van der Waals surface area contributed by atoms with E-state index in [1.807, 2.05) is 72.8 Å². The largest absolute Gasteiger partial charge is 0.457 e. The number of hydrogen-bond acceptors (Lipinski definition) is 4. The van der Waals surface area contributed by atoms with Crippen molar-refractivity contribution in [1.29, 1.82) is 0 Å². The van der Waals surface area contributed by atoms with Crippen molar-refractivity contribution in [1.82, 2.24) is 0 Å². The fourth-order valence-electron chi connectivity index (χ4n) is 4.29. The van der Waals surface area contributed by atoms with E-state index in [9.17, 15) is 0 Å². The maximum absolute atomic E-state index is 5.94. The molecule has 5 rings (SSSR count). The van der Waals surface area contributed by atoms with Crippen LogP contribution in [0.4, 0.5) is 11.4 Å². The Kier molecular flexibility index (Phi) is 6.21. The highest BCUT2D eigenvalue weighted by Gasteiger charge is 2.17. The second-order valence-corrected chi connectivity index (χ2v) is 8.63. The molecule has 4 N–H and O–H groups in total. The van der Waals surface area contributed by atoms with E-state index in [-0.39, 0.29) is 0 Å². The minimum atomic E-state index is 0.403. The van der Waals surface area contributed by atoms with Crippen LogP contribution in [0.5, 0.6) is 23.0 Å². The predicted octanol–water partition coefficient (Wildman–Crippen LogP) is 7.79. The lowest BCUT2D eigenvalue weighted by atomic mass is 9.83. The Bertz CT molecular complexity index is 1260. The second-order valence-electron chi connectivity index (χ2n) is 8.63. The summed E-state index contributed by atoms with van der Waals surface area (Å²) in [7, 11) is 0. The first-order valence-electron chi connectivity index (χ1n) is 11.6. The van der Waals surface area contributed by atoms with Crippen LogP contribution in [0.15, 0.2) is 103 Å². The molecule has 0 spiro atoms. The van der Waals surface area contributed by atoms with Gasteiger partial charge in [-0.3, -0.25) is 0 Å². The Morgan fingerprint density at radius 2 is 1.00 bits per heavy atom. The molecule has 1 unspecified atom stereocenters. The summed E-state index contributed by atoms with van der Waals surface area (Å²) >= 11 is 0. The maximum atomic E-state index is 5.94. The molecule has 0 heterocycles. The van der Waals surface area contributed by atoms with Gasteiger partial charge in [0.25, 0.3) is 0 Å². The first-order chi connectivity index (χ1) is 16.6. The second kappa shape index (κ2) is 9.75. The van der Waals surface area contributed by atoms with E-state index in [0.29, 0.717) is 5.92 Å². The van der Waals surface area contributed by atoms with Crippen LogP contribution in [0, 0.1) is 0 Å². The van der Waals surface area contributed by atoms with E-state index in [1.54, 1.807) is 0 Å². The zero-order valence-electron chi connectivity index (χ0n) is 19.0. The lowest BCUT2D eigenvalue weighted by molar-refractivity contribution is 0.482. The smallest absolute Gasteiger partial charge is 0.127 e. The fourth-order valence-corrected chi connectivity index (χ4v) is 4.29. The average Bonchev–Trinajstić information content (AvgIpc) is 2.88. The molecular weight excluding hydrogens is 420 g/mol. The molecule has 34 heavy (non-hydrogen) atoms. The zero-order chi connectivity index (χ0) is 23.3. The van der Waals surface area contributed by atoms with E-state index in [1.165, 1.54) is 23.1 Å². The number of anilines is 2. The number of hydrogen-bond donors (Lipinski definition) is 2. The van der Waals surface area contributed by atoms with Gasteiger partial charge in [0.15, 0.2) is 0 Å². The highest BCUT2D eigenvalue weighted by molar-refractivity contribution is 5.68.